The van der Waals surface area contributed by atoms with Gasteiger partial charge >= 0.3 is 12.0 Å². The molecule has 3 N–H and O–H groups in total. The zero-order valence-corrected chi connectivity index (χ0v) is 16.2. The normalized spacial score (nSPS) is 16.7. The van der Waals surface area contributed by atoms with Crippen molar-refractivity contribution in [3.8, 4) is 11.5 Å². The Hall–Kier alpha value is -3.30. The van der Waals surface area contributed by atoms with Crippen molar-refractivity contribution in [1.29, 1.82) is 0 Å². The Kier molecular flexibility index (Phi) is 6.12. The van der Waals surface area contributed by atoms with Crippen LogP contribution in [0.2, 0.25) is 0 Å². The minimum absolute atomic E-state index is 0.0465. The minimum Gasteiger partial charge on any atom is -0.504 e. The number of methoxy groups -OCH3 is 1. The summed E-state index contributed by atoms with van der Waals surface area (Å²) in [5.74, 6) is -1.54. The van der Waals surface area contributed by atoms with E-state index in [4.69, 9.17) is 9.47 Å². The number of carbonyl (C=O) groups excluding carboxylic acids is 2. The Bertz CT molecular complexity index is 846. The van der Waals surface area contributed by atoms with Gasteiger partial charge in [0.2, 0.25) is 0 Å². The summed E-state index contributed by atoms with van der Waals surface area (Å²) in [6.07, 6.45) is -0.431. The van der Waals surface area contributed by atoms with Crippen LogP contribution in [0.5, 0.6) is 11.5 Å². The Morgan fingerprint density at radius 3 is 2.43 bits per heavy atom. The van der Waals surface area contributed by atoms with Gasteiger partial charge in [-0.1, -0.05) is 13.8 Å². The molecule has 2 rings (SSSR count). The molecule has 0 bridgehead atoms. The number of urea groups is 1. The molecule has 0 radical (unpaired) electrons. The van der Waals surface area contributed by atoms with Gasteiger partial charge in [0.1, 0.15) is 0 Å². The van der Waals surface area contributed by atoms with Gasteiger partial charge in [-0.25, -0.2) is 9.59 Å². The van der Waals surface area contributed by atoms with E-state index in [-0.39, 0.29) is 28.5 Å². The smallest absolute Gasteiger partial charge is 0.338 e. The molecule has 0 saturated heterocycles. The molecule has 152 valence electrons. The average molecular weight is 393 g/mol. The second kappa shape index (κ2) is 8.15. The predicted molar refractivity (Wildman–Crippen MR) is 98.8 cm³/mol. The summed E-state index contributed by atoms with van der Waals surface area (Å²) in [4.78, 5) is 35.6. The summed E-state index contributed by atoms with van der Waals surface area (Å²) >= 11 is 0. The Morgan fingerprint density at radius 2 is 1.93 bits per heavy atom. The van der Waals surface area contributed by atoms with E-state index >= 15 is 0 Å². The summed E-state index contributed by atoms with van der Waals surface area (Å²) in [5, 5.41) is 26.9. The van der Waals surface area contributed by atoms with Crippen molar-refractivity contribution in [2.45, 2.75) is 39.8 Å². The number of rotatable bonds is 6. The van der Waals surface area contributed by atoms with Gasteiger partial charge in [-0.3, -0.25) is 10.1 Å². The molecular weight excluding hydrogens is 370 g/mol. The number of benzene rings is 1. The molecule has 1 aromatic rings. The molecule has 1 aromatic carbocycles. The van der Waals surface area contributed by atoms with Crippen LogP contribution in [0, 0.1) is 16.0 Å². The Balaban J connectivity index is 2.74. The molecule has 10 heteroatoms. The summed E-state index contributed by atoms with van der Waals surface area (Å²) in [7, 11) is 1.24. The fourth-order valence-electron chi connectivity index (χ4n) is 2.87. The lowest BCUT2D eigenvalue weighted by Crippen LogP contribution is -2.47. The Labute approximate surface area is 161 Å². The van der Waals surface area contributed by atoms with Gasteiger partial charge in [-0.2, -0.15) is 0 Å². The quantitative estimate of drug-likeness (QED) is 0.383. The number of ether oxygens (including phenoxy) is 2. The fraction of sp³-hybridized carbons (Fsp3) is 0.444. The lowest BCUT2D eigenvalue weighted by Gasteiger charge is -2.31. The highest BCUT2D eigenvalue weighted by molar-refractivity contribution is 5.95. The third-order valence-corrected chi connectivity index (χ3v) is 4.07. The standard InChI is InChI=1S/C18H23N3O7/c1-8(2)14-13(17(23)28-9(3)4)15(20-18(24)19-14)11-6-10(21(25)26)7-12(27-5)16(11)22/h6-9,15,22H,1-5H3,(H2,19,20,24). The van der Waals surface area contributed by atoms with Crippen LogP contribution in [0.4, 0.5) is 10.5 Å². The molecule has 0 aromatic heterocycles. The maximum atomic E-state index is 12.8. The van der Waals surface area contributed by atoms with E-state index in [0.717, 1.165) is 12.1 Å². The number of nitro groups is 1. The summed E-state index contributed by atoms with van der Waals surface area (Å²) in [6, 6.07) is 0.376. The Morgan fingerprint density at radius 1 is 1.29 bits per heavy atom. The van der Waals surface area contributed by atoms with Crippen LogP contribution in [0.15, 0.2) is 23.4 Å². The number of hydrogen-bond donors (Lipinski definition) is 3. The number of phenols is 1. The van der Waals surface area contributed by atoms with Crippen LogP contribution in [0.3, 0.4) is 0 Å². The first-order valence-electron chi connectivity index (χ1n) is 8.64. The zero-order chi connectivity index (χ0) is 21.2. The highest BCUT2D eigenvalue weighted by atomic mass is 16.6. The van der Waals surface area contributed by atoms with E-state index in [1.54, 1.807) is 27.7 Å². The topological polar surface area (TPSA) is 140 Å². The number of esters is 1. The van der Waals surface area contributed by atoms with Crippen LogP contribution >= 0.6 is 0 Å². The van der Waals surface area contributed by atoms with Crippen molar-refractivity contribution >= 4 is 17.7 Å². The van der Waals surface area contributed by atoms with Gasteiger partial charge in [0.25, 0.3) is 5.69 Å². The molecule has 28 heavy (non-hydrogen) atoms. The number of amides is 2. The lowest BCUT2D eigenvalue weighted by molar-refractivity contribution is -0.385. The van der Waals surface area contributed by atoms with E-state index in [0.29, 0.717) is 5.70 Å². The fourth-order valence-corrected chi connectivity index (χ4v) is 2.87. The first kappa shape index (κ1) is 21.0. The van der Waals surface area contributed by atoms with E-state index < -0.39 is 34.8 Å². The molecular formula is C18H23N3O7. The van der Waals surface area contributed by atoms with Crippen molar-refractivity contribution in [3.63, 3.8) is 0 Å². The van der Waals surface area contributed by atoms with Crippen molar-refractivity contribution < 1.29 is 29.1 Å². The molecule has 0 fully saturated rings. The van der Waals surface area contributed by atoms with E-state index in [1.165, 1.54) is 7.11 Å². The van der Waals surface area contributed by atoms with E-state index in [2.05, 4.69) is 10.6 Å². The van der Waals surface area contributed by atoms with Gasteiger partial charge < -0.3 is 25.2 Å². The van der Waals surface area contributed by atoms with Crippen molar-refractivity contribution in [2.24, 2.45) is 5.92 Å². The van der Waals surface area contributed by atoms with Crippen molar-refractivity contribution in [3.05, 3.63) is 39.1 Å². The van der Waals surface area contributed by atoms with Crippen molar-refractivity contribution in [2.75, 3.05) is 7.11 Å². The monoisotopic (exact) mass is 393 g/mol. The predicted octanol–water partition coefficient (Wildman–Crippen LogP) is 2.52. The molecule has 1 atom stereocenters. The zero-order valence-electron chi connectivity index (χ0n) is 16.2. The largest absolute Gasteiger partial charge is 0.504 e. The number of aromatic hydroxyl groups is 1. The first-order chi connectivity index (χ1) is 13.1. The molecule has 1 unspecified atom stereocenters. The summed E-state index contributed by atoms with van der Waals surface area (Å²) < 4.78 is 10.3. The third-order valence-electron chi connectivity index (χ3n) is 4.07. The second-order valence-corrected chi connectivity index (χ2v) is 6.81. The molecule has 0 saturated carbocycles. The first-order valence-corrected chi connectivity index (χ1v) is 8.64. The number of nitrogens with zero attached hydrogens (tertiary/aromatic N) is 1. The number of carbonyl (C=O) groups is 2. The number of hydrogen-bond acceptors (Lipinski definition) is 7. The minimum atomic E-state index is -1.16. The summed E-state index contributed by atoms with van der Waals surface area (Å²) in [5.41, 5.74) is -0.0414. The van der Waals surface area contributed by atoms with Crippen LogP contribution in [-0.2, 0) is 9.53 Å². The maximum absolute atomic E-state index is 12.8. The van der Waals surface area contributed by atoms with Gasteiger partial charge in [0.05, 0.1) is 35.8 Å². The average Bonchev–Trinajstić information content (AvgIpc) is 2.60. The van der Waals surface area contributed by atoms with Crippen LogP contribution in [-0.4, -0.2) is 35.2 Å². The van der Waals surface area contributed by atoms with E-state index in [9.17, 15) is 24.8 Å². The lowest BCUT2D eigenvalue weighted by atomic mass is 9.90. The van der Waals surface area contributed by atoms with Gasteiger partial charge in [-0.15, -0.1) is 0 Å². The van der Waals surface area contributed by atoms with Gasteiger partial charge in [0.15, 0.2) is 11.5 Å². The second-order valence-electron chi connectivity index (χ2n) is 6.81. The number of non-ortho nitro benzene ring substituents is 1. The van der Waals surface area contributed by atoms with E-state index in [1.807, 2.05) is 0 Å². The van der Waals surface area contributed by atoms with Crippen molar-refractivity contribution in [1.82, 2.24) is 10.6 Å². The highest BCUT2D eigenvalue weighted by Crippen LogP contribution is 2.42. The molecule has 10 nitrogen and oxygen atoms in total. The van der Waals surface area contributed by atoms with Gasteiger partial charge in [0, 0.05) is 17.3 Å². The number of phenolic OH excluding ortho intramolecular Hbond substituents is 1. The highest BCUT2D eigenvalue weighted by Gasteiger charge is 2.37. The van der Waals surface area contributed by atoms with Gasteiger partial charge in [-0.05, 0) is 19.8 Å². The molecule has 2 amide bonds. The number of nitro benzene ring substituents is 1. The summed E-state index contributed by atoms with van der Waals surface area (Å²) in [6.45, 7) is 6.89. The number of allylic oxidation sites excluding steroid dienone is 1. The maximum Gasteiger partial charge on any atom is 0.338 e. The SMILES string of the molecule is COc1cc([N+](=O)[O-])cc(C2NC(=O)NC(C(C)C)=C2C(=O)OC(C)C)c1O. The molecule has 1 heterocycles. The number of nitrogens with one attached hydrogen (secondary N) is 2. The molecule has 1 aliphatic heterocycles. The van der Waals surface area contributed by atoms with Crippen LogP contribution < -0.4 is 15.4 Å². The third kappa shape index (κ3) is 4.16. The molecule has 1 aliphatic rings. The van der Waals surface area contributed by atoms with Crippen LogP contribution in [0.25, 0.3) is 0 Å². The molecule has 0 spiro atoms. The van der Waals surface area contributed by atoms with Crippen LogP contribution in [0.1, 0.15) is 39.3 Å². The molecule has 0 aliphatic carbocycles.